The van der Waals surface area contributed by atoms with E-state index >= 15 is 0 Å². The Morgan fingerprint density at radius 1 is 1.70 bits per heavy atom. The van der Waals surface area contributed by atoms with Gasteiger partial charge in [0, 0.05) is 12.6 Å². The van der Waals surface area contributed by atoms with Crippen molar-refractivity contribution in [2.45, 2.75) is 6.42 Å². The van der Waals surface area contributed by atoms with E-state index in [1.165, 1.54) is 6.08 Å². The summed E-state index contributed by atoms with van der Waals surface area (Å²) in [6, 6.07) is 0. The molecule has 0 aromatic carbocycles. The van der Waals surface area contributed by atoms with E-state index in [2.05, 4.69) is 4.99 Å². The van der Waals surface area contributed by atoms with Gasteiger partial charge in [0.25, 0.3) is 0 Å². The normalized spacial score (nSPS) is 16.8. The van der Waals surface area contributed by atoms with E-state index in [0.29, 0.717) is 0 Å². The summed E-state index contributed by atoms with van der Waals surface area (Å²) in [6.07, 6.45) is 2.50. The van der Waals surface area contributed by atoms with Crippen LogP contribution in [-0.2, 0) is 9.59 Å². The van der Waals surface area contributed by atoms with Gasteiger partial charge in [0.05, 0.1) is 5.57 Å². The van der Waals surface area contributed by atoms with Crippen LogP contribution in [-0.4, -0.2) is 23.2 Å². The first-order valence-corrected chi connectivity index (χ1v) is 2.70. The number of carbonyl (C=O) groups excluding carboxylic acids is 1. The summed E-state index contributed by atoms with van der Waals surface area (Å²) in [5.41, 5.74) is 0.0830. The van der Waals surface area contributed by atoms with Gasteiger partial charge in [-0.2, -0.15) is 0 Å². The minimum atomic E-state index is -1.05. The molecule has 0 atom stereocenters. The summed E-state index contributed by atoms with van der Waals surface area (Å²) < 4.78 is 0. The van der Waals surface area contributed by atoms with Crippen LogP contribution in [0.3, 0.4) is 0 Å². The van der Waals surface area contributed by atoms with Crippen LogP contribution in [0.4, 0.5) is 0 Å². The number of carboxylic acid groups (broad SMARTS) is 1. The van der Waals surface area contributed by atoms with Crippen molar-refractivity contribution in [2.75, 3.05) is 0 Å². The molecule has 0 saturated heterocycles. The maximum atomic E-state index is 10.4. The molecule has 10 heavy (non-hydrogen) atoms. The smallest absolute Gasteiger partial charge is 0.336 e. The van der Waals surface area contributed by atoms with Crippen LogP contribution in [0.25, 0.3) is 0 Å². The molecule has 1 aliphatic rings. The number of amides is 1. The van der Waals surface area contributed by atoms with Gasteiger partial charge in [-0.3, -0.25) is 4.79 Å². The largest absolute Gasteiger partial charge is 0.478 e. The second kappa shape index (κ2) is 2.43. The van der Waals surface area contributed by atoms with Crippen molar-refractivity contribution in [3.63, 3.8) is 0 Å². The number of hydrogen-bond donors (Lipinski definition) is 1. The van der Waals surface area contributed by atoms with E-state index in [0.717, 1.165) is 6.21 Å². The van der Waals surface area contributed by atoms with Crippen molar-refractivity contribution in [1.29, 1.82) is 0 Å². The van der Waals surface area contributed by atoms with Gasteiger partial charge in [0.15, 0.2) is 0 Å². The SMILES string of the molecule is O=C1CC=C(C(=O)O)C=N1. The van der Waals surface area contributed by atoms with E-state index in [1.807, 2.05) is 0 Å². The molecule has 4 heteroatoms. The Bertz CT molecular complexity index is 239. The molecule has 0 saturated carbocycles. The molecule has 0 aliphatic carbocycles. The van der Waals surface area contributed by atoms with Gasteiger partial charge in [-0.15, -0.1) is 0 Å². The molecule has 1 amide bonds. The maximum absolute atomic E-state index is 10.4. The van der Waals surface area contributed by atoms with Gasteiger partial charge in [0.2, 0.25) is 5.91 Å². The Morgan fingerprint density at radius 3 is 2.80 bits per heavy atom. The predicted molar refractivity (Wildman–Crippen MR) is 33.8 cm³/mol. The molecule has 1 aliphatic heterocycles. The standard InChI is InChI=1S/C6H5NO3/c8-5-2-1-4(3-7-5)6(9)10/h1,3H,2H2,(H,9,10). The lowest BCUT2D eigenvalue weighted by molar-refractivity contribution is -0.132. The number of nitrogens with zero attached hydrogens (tertiary/aromatic N) is 1. The lowest BCUT2D eigenvalue weighted by Gasteiger charge is -1.97. The minimum absolute atomic E-state index is 0.0830. The van der Waals surface area contributed by atoms with Crippen LogP contribution in [0.15, 0.2) is 16.6 Å². The third kappa shape index (κ3) is 1.28. The molecule has 4 nitrogen and oxygen atoms in total. The second-order valence-corrected chi connectivity index (χ2v) is 1.82. The molecule has 0 bridgehead atoms. The number of carboxylic acids is 1. The molecule has 0 aromatic rings. The van der Waals surface area contributed by atoms with Gasteiger partial charge in [-0.1, -0.05) is 6.08 Å². The highest BCUT2D eigenvalue weighted by molar-refractivity contribution is 6.13. The van der Waals surface area contributed by atoms with Crippen molar-refractivity contribution < 1.29 is 14.7 Å². The van der Waals surface area contributed by atoms with Gasteiger partial charge in [-0.05, 0) is 0 Å². The fraction of sp³-hybridized carbons (Fsp3) is 0.167. The number of hydrogen-bond acceptors (Lipinski definition) is 2. The average Bonchev–Trinajstić information content (AvgIpc) is 1.88. The van der Waals surface area contributed by atoms with Crippen LogP contribution >= 0.6 is 0 Å². The molecule has 0 fully saturated rings. The average molecular weight is 139 g/mol. The van der Waals surface area contributed by atoms with Gasteiger partial charge >= 0.3 is 5.97 Å². The van der Waals surface area contributed by atoms with E-state index in [9.17, 15) is 9.59 Å². The summed E-state index contributed by atoms with van der Waals surface area (Å²) >= 11 is 0. The Hall–Kier alpha value is -1.45. The summed E-state index contributed by atoms with van der Waals surface area (Å²) in [5, 5.41) is 8.35. The van der Waals surface area contributed by atoms with E-state index < -0.39 is 5.97 Å². The first kappa shape index (κ1) is 6.67. The number of rotatable bonds is 1. The number of aliphatic carboxylic acids is 1. The number of aliphatic imine (C=N–C) groups is 1. The Labute approximate surface area is 56.9 Å². The van der Waals surface area contributed by atoms with Crippen molar-refractivity contribution in [3.05, 3.63) is 11.6 Å². The molecule has 0 aromatic heterocycles. The first-order valence-electron chi connectivity index (χ1n) is 2.70. The molecular formula is C6H5NO3. The minimum Gasteiger partial charge on any atom is -0.478 e. The lowest BCUT2D eigenvalue weighted by atomic mass is 10.2. The highest BCUT2D eigenvalue weighted by Crippen LogP contribution is 2.01. The second-order valence-electron chi connectivity index (χ2n) is 1.82. The molecule has 52 valence electrons. The van der Waals surface area contributed by atoms with Crippen LogP contribution in [0.5, 0.6) is 0 Å². The summed E-state index contributed by atoms with van der Waals surface area (Å²) in [5.74, 6) is -1.35. The highest BCUT2D eigenvalue weighted by Gasteiger charge is 2.09. The Kier molecular flexibility index (Phi) is 1.62. The lowest BCUT2D eigenvalue weighted by Crippen LogP contribution is -2.08. The van der Waals surface area contributed by atoms with Crippen LogP contribution in [0.1, 0.15) is 6.42 Å². The molecule has 1 N–H and O–H groups in total. The highest BCUT2D eigenvalue weighted by atomic mass is 16.4. The molecule has 1 rings (SSSR count). The molecular weight excluding hydrogens is 134 g/mol. The molecule has 0 unspecified atom stereocenters. The molecule has 0 spiro atoms. The first-order chi connectivity index (χ1) is 4.70. The van der Waals surface area contributed by atoms with E-state index in [1.54, 1.807) is 0 Å². The van der Waals surface area contributed by atoms with Gasteiger partial charge in [0.1, 0.15) is 0 Å². The summed E-state index contributed by atoms with van der Waals surface area (Å²) in [4.78, 5) is 23.9. The van der Waals surface area contributed by atoms with E-state index in [4.69, 9.17) is 5.11 Å². The molecule has 1 heterocycles. The van der Waals surface area contributed by atoms with E-state index in [-0.39, 0.29) is 17.9 Å². The quantitative estimate of drug-likeness (QED) is 0.556. The van der Waals surface area contributed by atoms with Crippen molar-refractivity contribution >= 4 is 18.1 Å². The number of carbonyl (C=O) groups is 2. The van der Waals surface area contributed by atoms with Crippen LogP contribution in [0.2, 0.25) is 0 Å². The van der Waals surface area contributed by atoms with Crippen molar-refractivity contribution in [1.82, 2.24) is 0 Å². The topological polar surface area (TPSA) is 66.7 Å². The maximum Gasteiger partial charge on any atom is 0.336 e. The van der Waals surface area contributed by atoms with Crippen molar-refractivity contribution in [3.8, 4) is 0 Å². The van der Waals surface area contributed by atoms with Gasteiger partial charge < -0.3 is 5.11 Å². The molecule has 0 radical (unpaired) electrons. The zero-order valence-corrected chi connectivity index (χ0v) is 5.07. The van der Waals surface area contributed by atoms with Crippen molar-refractivity contribution in [2.24, 2.45) is 4.99 Å². The zero-order chi connectivity index (χ0) is 7.56. The third-order valence-electron chi connectivity index (χ3n) is 1.09. The zero-order valence-electron chi connectivity index (χ0n) is 5.07. The Balaban J connectivity index is 2.77. The Morgan fingerprint density at radius 2 is 2.40 bits per heavy atom. The monoisotopic (exact) mass is 139 g/mol. The summed E-state index contributed by atoms with van der Waals surface area (Å²) in [6.45, 7) is 0. The van der Waals surface area contributed by atoms with Gasteiger partial charge in [-0.25, -0.2) is 9.79 Å². The summed E-state index contributed by atoms with van der Waals surface area (Å²) in [7, 11) is 0. The van der Waals surface area contributed by atoms with Crippen LogP contribution in [0, 0.1) is 0 Å². The third-order valence-corrected chi connectivity index (χ3v) is 1.09. The van der Waals surface area contributed by atoms with Crippen LogP contribution < -0.4 is 0 Å². The predicted octanol–water partition coefficient (Wildman–Crippen LogP) is -0.00150. The fourth-order valence-electron chi connectivity index (χ4n) is 0.587. The number of dihydropyridines is 1. The fourth-order valence-corrected chi connectivity index (χ4v) is 0.587.